The minimum atomic E-state index is -0.0388. The maximum Gasteiger partial charge on any atom is 0.0894 e. The van der Waals surface area contributed by atoms with Crippen molar-refractivity contribution in [3.05, 3.63) is 11.8 Å². The Morgan fingerprint density at radius 1 is 0.696 bits per heavy atom. The fraction of sp³-hybridized carbons (Fsp3) is 0.909. The molecule has 0 spiro atoms. The third-order valence-corrected chi connectivity index (χ3v) is 7.02. The van der Waals surface area contributed by atoms with Gasteiger partial charge in [-0.25, -0.2) is 0 Å². The first kappa shape index (κ1) is 20.6. The second-order valence-corrected chi connectivity index (χ2v) is 12.0. The first-order valence-electron chi connectivity index (χ1n) is 9.22. The fourth-order valence-electron chi connectivity index (χ4n) is 5.51. The van der Waals surface area contributed by atoms with Gasteiger partial charge in [-0.2, -0.15) is 0 Å². The molecule has 136 valence electrons. The zero-order valence-electron chi connectivity index (χ0n) is 17.9. The molecule has 1 heteroatoms. The van der Waals surface area contributed by atoms with Crippen molar-refractivity contribution in [2.45, 2.75) is 95.9 Å². The highest BCUT2D eigenvalue weighted by molar-refractivity contribution is 5.23. The van der Waals surface area contributed by atoms with Crippen LogP contribution in [0.25, 0.3) is 0 Å². The molecule has 0 saturated carbocycles. The average Bonchev–Trinajstić information content (AvgIpc) is 2.21. The summed E-state index contributed by atoms with van der Waals surface area (Å²) in [6, 6.07) is 0. The molecule has 0 aromatic rings. The topological polar surface area (TPSA) is 20.2 Å². The van der Waals surface area contributed by atoms with Gasteiger partial charge < -0.3 is 5.11 Å². The summed E-state index contributed by atoms with van der Waals surface area (Å²) in [5, 5.41) is 10.9. The number of allylic oxidation sites excluding steroid dienone is 2. The van der Waals surface area contributed by atoms with E-state index in [9.17, 15) is 5.11 Å². The molecule has 0 aromatic carbocycles. The van der Waals surface area contributed by atoms with Crippen LogP contribution in [0.4, 0.5) is 0 Å². The Morgan fingerprint density at radius 3 is 1.30 bits per heavy atom. The zero-order valence-corrected chi connectivity index (χ0v) is 17.9. The van der Waals surface area contributed by atoms with Gasteiger partial charge in [0.1, 0.15) is 0 Å². The van der Waals surface area contributed by atoms with E-state index in [1.807, 2.05) is 0 Å². The summed E-state index contributed by atoms with van der Waals surface area (Å²) < 4.78 is 0. The van der Waals surface area contributed by atoms with Gasteiger partial charge in [0.15, 0.2) is 0 Å². The maximum atomic E-state index is 10.9. The summed E-state index contributed by atoms with van der Waals surface area (Å²) >= 11 is 0. The third-order valence-electron chi connectivity index (χ3n) is 7.02. The molecule has 0 radical (unpaired) electrons. The van der Waals surface area contributed by atoms with Crippen LogP contribution < -0.4 is 0 Å². The molecule has 0 atom stereocenters. The van der Waals surface area contributed by atoms with E-state index in [-0.39, 0.29) is 32.5 Å². The molecule has 0 saturated heterocycles. The summed E-state index contributed by atoms with van der Waals surface area (Å²) in [4.78, 5) is 0. The lowest BCUT2D eigenvalue weighted by Crippen LogP contribution is -2.57. The van der Waals surface area contributed by atoms with Gasteiger partial charge >= 0.3 is 0 Å². The van der Waals surface area contributed by atoms with Crippen LogP contribution in [0.5, 0.6) is 0 Å². The second kappa shape index (κ2) is 5.27. The molecule has 0 heterocycles. The van der Waals surface area contributed by atoms with Crippen LogP contribution in [0.3, 0.4) is 0 Å². The Balaban J connectivity index is 3.78. The number of aliphatic hydroxyl groups is 1. The van der Waals surface area contributed by atoms with Crippen molar-refractivity contribution in [3.63, 3.8) is 0 Å². The molecule has 0 fully saturated rings. The van der Waals surface area contributed by atoms with E-state index in [1.165, 1.54) is 0 Å². The standard InChI is InChI=1S/C22H42O/c1-17(2,3)21(18(4,5)6)13-16(23)14-22(15-21,19(7,8)9)20(10,11)12/h13,23H,14-15H2,1-12H3. The summed E-state index contributed by atoms with van der Waals surface area (Å²) in [5.41, 5.74) is 0.426. The first-order chi connectivity index (χ1) is 9.81. The van der Waals surface area contributed by atoms with Crippen molar-refractivity contribution in [3.8, 4) is 0 Å². The highest BCUT2D eigenvalue weighted by Gasteiger charge is 2.61. The van der Waals surface area contributed by atoms with Crippen molar-refractivity contribution in [1.29, 1.82) is 0 Å². The molecule has 1 N–H and O–H groups in total. The number of rotatable bonds is 0. The second-order valence-electron chi connectivity index (χ2n) is 12.0. The van der Waals surface area contributed by atoms with E-state index in [0.29, 0.717) is 5.76 Å². The van der Waals surface area contributed by atoms with Gasteiger partial charge in [0.05, 0.1) is 5.76 Å². The van der Waals surface area contributed by atoms with Crippen LogP contribution in [0.2, 0.25) is 0 Å². The Bertz CT molecular complexity index is 438. The predicted octanol–water partition coefficient (Wildman–Crippen LogP) is 7.38. The number of aliphatic hydroxyl groups excluding tert-OH is 1. The first-order valence-corrected chi connectivity index (χ1v) is 9.22. The highest BCUT2D eigenvalue weighted by atomic mass is 16.3. The molecule has 0 amide bonds. The molecule has 0 aromatic heterocycles. The zero-order chi connectivity index (χ0) is 18.7. The van der Waals surface area contributed by atoms with E-state index in [2.05, 4.69) is 89.2 Å². The molecule has 1 aliphatic carbocycles. The minimum absolute atomic E-state index is 0.0388. The van der Waals surface area contributed by atoms with Crippen molar-refractivity contribution < 1.29 is 5.11 Å². The molecule has 23 heavy (non-hydrogen) atoms. The fourth-order valence-corrected chi connectivity index (χ4v) is 5.51. The molecule has 1 rings (SSSR count). The monoisotopic (exact) mass is 322 g/mol. The molecular formula is C22H42O. The molecular weight excluding hydrogens is 280 g/mol. The van der Waals surface area contributed by atoms with E-state index < -0.39 is 0 Å². The van der Waals surface area contributed by atoms with Crippen LogP contribution >= 0.6 is 0 Å². The molecule has 1 nitrogen and oxygen atoms in total. The Hall–Kier alpha value is -0.460. The Morgan fingerprint density at radius 2 is 1.04 bits per heavy atom. The minimum Gasteiger partial charge on any atom is -0.513 e. The molecule has 1 aliphatic rings. The van der Waals surface area contributed by atoms with Crippen molar-refractivity contribution in [2.24, 2.45) is 32.5 Å². The number of hydrogen-bond acceptors (Lipinski definition) is 1. The average molecular weight is 323 g/mol. The van der Waals surface area contributed by atoms with Crippen LogP contribution in [-0.4, -0.2) is 5.11 Å². The largest absolute Gasteiger partial charge is 0.513 e. The van der Waals surface area contributed by atoms with Gasteiger partial charge in [-0.05, 0) is 39.6 Å². The van der Waals surface area contributed by atoms with Gasteiger partial charge in [0, 0.05) is 11.8 Å². The van der Waals surface area contributed by atoms with Crippen molar-refractivity contribution in [1.82, 2.24) is 0 Å². The van der Waals surface area contributed by atoms with Gasteiger partial charge in [-0.3, -0.25) is 0 Å². The van der Waals surface area contributed by atoms with Crippen LogP contribution in [0.15, 0.2) is 11.8 Å². The van der Waals surface area contributed by atoms with Crippen molar-refractivity contribution in [2.75, 3.05) is 0 Å². The van der Waals surface area contributed by atoms with E-state index in [4.69, 9.17) is 0 Å². The van der Waals surface area contributed by atoms with Crippen LogP contribution in [0.1, 0.15) is 95.9 Å². The van der Waals surface area contributed by atoms with E-state index in [1.54, 1.807) is 0 Å². The normalized spacial score (nSPS) is 22.7. The SMILES string of the molecule is CC(C)(C)C1(C(C)(C)C)C=C(O)CC(C(C)(C)C)(C(C)(C)C)C1. The van der Waals surface area contributed by atoms with E-state index in [0.717, 1.165) is 12.8 Å². The van der Waals surface area contributed by atoms with Gasteiger partial charge in [-0.1, -0.05) is 83.1 Å². The van der Waals surface area contributed by atoms with Gasteiger partial charge in [-0.15, -0.1) is 0 Å². The molecule has 0 bridgehead atoms. The summed E-state index contributed by atoms with van der Waals surface area (Å²) in [7, 11) is 0. The Labute approximate surface area is 146 Å². The van der Waals surface area contributed by atoms with E-state index >= 15 is 0 Å². The smallest absolute Gasteiger partial charge is 0.0894 e. The Kier molecular flexibility index (Phi) is 4.71. The van der Waals surface area contributed by atoms with Gasteiger partial charge in [0.25, 0.3) is 0 Å². The predicted molar refractivity (Wildman–Crippen MR) is 103 cm³/mol. The van der Waals surface area contributed by atoms with Crippen LogP contribution in [-0.2, 0) is 0 Å². The summed E-state index contributed by atoms with van der Waals surface area (Å²) in [5.74, 6) is 0.589. The van der Waals surface area contributed by atoms with Gasteiger partial charge in [0.2, 0.25) is 0 Å². The number of hydrogen-bond donors (Lipinski definition) is 1. The van der Waals surface area contributed by atoms with Crippen molar-refractivity contribution >= 4 is 0 Å². The lowest BCUT2D eigenvalue weighted by Gasteiger charge is -2.65. The molecule has 0 aliphatic heterocycles. The third kappa shape index (κ3) is 3.10. The summed E-state index contributed by atoms with van der Waals surface area (Å²) in [6.45, 7) is 28.1. The maximum absolute atomic E-state index is 10.9. The lowest BCUT2D eigenvalue weighted by atomic mass is 9.40. The quantitative estimate of drug-likeness (QED) is 0.493. The lowest BCUT2D eigenvalue weighted by molar-refractivity contribution is -0.133. The highest BCUT2D eigenvalue weighted by Crippen LogP contribution is 2.69. The summed E-state index contributed by atoms with van der Waals surface area (Å²) in [6.07, 6.45) is 4.11. The van der Waals surface area contributed by atoms with Crippen LogP contribution in [0, 0.1) is 32.5 Å². The molecule has 0 unspecified atom stereocenters.